The second-order valence-electron chi connectivity index (χ2n) is 17.2. The van der Waals surface area contributed by atoms with Gasteiger partial charge in [0, 0.05) is 40.6 Å². The van der Waals surface area contributed by atoms with Gasteiger partial charge in [-0.1, -0.05) is 38.5 Å². The van der Waals surface area contributed by atoms with Crippen LogP contribution in [0.2, 0.25) is 0 Å². The first-order chi connectivity index (χ1) is 25.9. The summed E-state index contributed by atoms with van der Waals surface area (Å²) in [5.41, 5.74) is -2.09. The molecule has 308 valence electrons. The van der Waals surface area contributed by atoms with E-state index in [9.17, 15) is 27.6 Å². The Bertz CT molecular complexity index is 1980. The maximum Gasteiger partial charge on any atom is 0.315 e. The molecule has 7 atom stereocenters. The highest BCUT2D eigenvalue weighted by Crippen LogP contribution is 2.47. The highest BCUT2D eigenvalue weighted by Gasteiger charge is 2.63. The second-order valence-corrected chi connectivity index (χ2v) is 19.3. The van der Waals surface area contributed by atoms with Crippen LogP contribution >= 0.6 is 0 Å². The average molecular weight is 789 g/mol. The molecule has 14 nitrogen and oxygen atoms in total. The lowest BCUT2D eigenvalue weighted by Gasteiger charge is -2.34. The molecule has 2 aliphatic heterocycles. The quantitative estimate of drug-likeness (QED) is 0.257. The minimum Gasteiger partial charge on any atom is -0.496 e. The summed E-state index contributed by atoms with van der Waals surface area (Å²) in [6.07, 6.45) is 8.65. The molecule has 15 heteroatoms. The van der Waals surface area contributed by atoms with E-state index < -0.39 is 73.7 Å². The van der Waals surface area contributed by atoms with Crippen LogP contribution in [0.3, 0.4) is 0 Å². The van der Waals surface area contributed by atoms with Crippen molar-refractivity contribution in [1.82, 2.24) is 30.6 Å². The normalized spacial score (nSPS) is 30.1. The number of carbonyl (C=O) groups excluding carboxylic acids is 4. The van der Waals surface area contributed by atoms with Crippen molar-refractivity contribution in [2.45, 2.75) is 127 Å². The molecule has 0 bridgehead atoms. The number of hydrogen-bond acceptors (Lipinski definition) is 9. The van der Waals surface area contributed by atoms with Crippen molar-refractivity contribution in [2.24, 2.45) is 17.8 Å². The third-order valence-electron chi connectivity index (χ3n) is 11.6. The number of sulfonamides is 1. The van der Waals surface area contributed by atoms with E-state index in [1.54, 1.807) is 20.2 Å². The van der Waals surface area contributed by atoms with E-state index in [4.69, 9.17) is 9.47 Å². The number of amides is 5. The maximum absolute atomic E-state index is 14.9. The number of benzene rings is 1. The van der Waals surface area contributed by atoms with Gasteiger partial charge < -0.3 is 30.3 Å². The van der Waals surface area contributed by atoms with Crippen LogP contribution < -0.4 is 30.1 Å². The zero-order valence-corrected chi connectivity index (χ0v) is 33.8. The Morgan fingerprint density at radius 2 is 1.87 bits per heavy atom. The minimum absolute atomic E-state index is 0. The Morgan fingerprint density at radius 1 is 1.13 bits per heavy atom. The molecule has 2 aromatic rings. The zero-order valence-electron chi connectivity index (χ0n) is 32.9. The van der Waals surface area contributed by atoms with Crippen LogP contribution in [-0.2, 0) is 24.4 Å². The van der Waals surface area contributed by atoms with E-state index in [0.717, 1.165) is 11.8 Å². The topological polar surface area (TPSA) is 185 Å². The van der Waals surface area contributed by atoms with Crippen LogP contribution in [0.1, 0.15) is 98.6 Å². The van der Waals surface area contributed by atoms with E-state index in [1.807, 2.05) is 64.1 Å². The summed E-state index contributed by atoms with van der Waals surface area (Å²) >= 11 is 0. The van der Waals surface area contributed by atoms with Crippen LogP contribution in [0, 0.1) is 17.8 Å². The molecule has 0 unspecified atom stereocenters. The lowest BCUT2D eigenvalue weighted by atomic mass is 9.85. The third-order valence-corrected chi connectivity index (χ3v) is 13.8. The fourth-order valence-corrected chi connectivity index (χ4v) is 9.23. The number of nitrogens with one attached hydrogen (secondary N) is 4. The molecule has 1 saturated heterocycles. The van der Waals surface area contributed by atoms with Gasteiger partial charge >= 0.3 is 6.03 Å². The number of fused-ring (bicyclic) bond motifs is 3. The molecule has 3 fully saturated rings. The zero-order chi connectivity index (χ0) is 39.9. The molecular weight excluding hydrogens is 725 g/mol. The molecular formula is C40H64N6O8S. The van der Waals surface area contributed by atoms with Crippen molar-refractivity contribution in [3.05, 3.63) is 42.6 Å². The van der Waals surface area contributed by atoms with Crippen LogP contribution in [0.4, 0.5) is 4.79 Å². The Balaban J connectivity index is 0.00000300. The lowest BCUT2D eigenvalue weighted by molar-refractivity contribution is -0.142. The minimum atomic E-state index is -3.99. The summed E-state index contributed by atoms with van der Waals surface area (Å²) in [5, 5.41) is 10.3. The van der Waals surface area contributed by atoms with E-state index in [0.29, 0.717) is 49.1 Å². The number of ether oxygens (including phenoxy) is 2. The Morgan fingerprint density at radius 3 is 2.55 bits per heavy atom. The van der Waals surface area contributed by atoms with Crippen LogP contribution in [0.15, 0.2) is 42.6 Å². The smallest absolute Gasteiger partial charge is 0.315 e. The van der Waals surface area contributed by atoms with Gasteiger partial charge in [0.25, 0.3) is 5.91 Å². The summed E-state index contributed by atoms with van der Waals surface area (Å²) in [7, 11) is -2.42. The molecule has 6 rings (SSSR count). The van der Waals surface area contributed by atoms with Crippen LogP contribution in [-0.4, -0.2) is 89.7 Å². The van der Waals surface area contributed by atoms with Crippen LogP contribution in [0.25, 0.3) is 10.8 Å². The predicted octanol–water partition coefficient (Wildman–Crippen LogP) is 5.32. The number of carbonyl (C=O) groups is 4. The van der Waals surface area contributed by atoms with Gasteiger partial charge in [-0.25, -0.2) is 18.2 Å². The SMILES string of the molecule is CC[C@@H]1C[C@@H](C)CC/C=C\[C@@H]2C[C@@]2(C(=O)NS(=O)(=O)C2(C)CC2)NC(=O)[C@@H]2C[C@@H](Oc3nccc4c(OC)cccc34)CN2C(=O)[C@H]1NC(=O)NC(C)(C)C.[HH].[HH].[HH].[HH]. The molecule has 3 heterocycles. The fourth-order valence-electron chi connectivity index (χ4n) is 7.91. The van der Waals surface area contributed by atoms with Gasteiger partial charge in [0.2, 0.25) is 27.7 Å². The molecule has 5 amide bonds. The van der Waals surface area contributed by atoms with E-state index in [2.05, 4.69) is 32.6 Å². The van der Waals surface area contributed by atoms with E-state index >= 15 is 0 Å². The van der Waals surface area contributed by atoms with Crippen molar-refractivity contribution in [1.29, 1.82) is 0 Å². The number of urea groups is 1. The van der Waals surface area contributed by atoms with Crippen molar-refractivity contribution < 1.29 is 42.8 Å². The number of rotatable bonds is 8. The number of allylic oxidation sites excluding steroid dienone is 1. The van der Waals surface area contributed by atoms with Gasteiger partial charge in [-0.3, -0.25) is 19.1 Å². The predicted molar refractivity (Wildman–Crippen MR) is 216 cm³/mol. The van der Waals surface area contributed by atoms with Crippen molar-refractivity contribution in [3.8, 4) is 11.6 Å². The first kappa shape index (κ1) is 40.3. The third kappa shape index (κ3) is 8.56. The van der Waals surface area contributed by atoms with E-state index in [1.165, 1.54) is 4.90 Å². The maximum atomic E-state index is 14.9. The largest absolute Gasteiger partial charge is 0.496 e. The van der Waals surface area contributed by atoms with Gasteiger partial charge in [0.15, 0.2) is 0 Å². The summed E-state index contributed by atoms with van der Waals surface area (Å²) in [4.78, 5) is 62.8. The molecule has 2 aliphatic carbocycles. The number of methoxy groups -OCH3 is 1. The summed E-state index contributed by atoms with van der Waals surface area (Å²) in [5.74, 6) is -1.41. The number of pyridine rings is 1. The molecule has 2 saturated carbocycles. The summed E-state index contributed by atoms with van der Waals surface area (Å²) in [6.45, 7) is 11.3. The Kier molecular flexibility index (Phi) is 11.2. The molecule has 1 aromatic carbocycles. The first-order valence-electron chi connectivity index (χ1n) is 19.4. The number of nitrogens with zero attached hydrogens (tertiary/aromatic N) is 2. The van der Waals surface area contributed by atoms with Gasteiger partial charge in [0.1, 0.15) is 29.5 Å². The molecule has 0 spiro atoms. The molecule has 4 N–H and O–H groups in total. The highest BCUT2D eigenvalue weighted by atomic mass is 32.2. The molecule has 0 radical (unpaired) electrons. The Labute approximate surface area is 329 Å². The Hall–Kier alpha value is -4.40. The molecule has 55 heavy (non-hydrogen) atoms. The molecule has 1 aromatic heterocycles. The summed E-state index contributed by atoms with van der Waals surface area (Å²) in [6, 6.07) is 4.75. The van der Waals surface area contributed by atoms with Crippen LogP contribution in [0.5, 0.6) is 11.6 Å². The first-order valence-corrected chi connectivity index (χ1v) is 20.9. The van der Waals surface area contributed by atoms with Gasteiger partial charge in [-0.05, 0) is 96.3 Å². The van der Waals surface area contributed by atoms with Crippen molar-refractivity contribution >= 4 is 44.5 Å². The van der Waals surface area contributed by atoms with E-state index in [-0.39, 0.29) is 36.9 Å². The average Bonchev–Trinajstić information content (AvgIpc) is 4.00. The van der Waals surface area contributed by atoms with Gasteiger partial charge in [0.05, 0.1) is 18.4 Å². The van der Waals surface area contributed by atoms with Gasteiger partial charge in [-0.2, -0.15) is 0 Å². The lowest BCUT2D eigenvalue weighted by Crippen LogP contribution is -2.60. The monoisotopic (exact) mass is 788 g/mol. The van der Waals surface area contributed by atoms with Crippen molar-refractivity contribution in [3.63, 3.8) is 0 Å². The van der Waals surface area contributed by atoms with Gasteiger partial charge in [-0.15, -0.1) is 0 Å². The molecule has 4 aliphatic rings. The van der Waals surface area contributed by atoms with Crippen molar-refractivity contribution in [2.75, 3.05) is 13.7 Å². The standard InChI is InChI=1S/C40H56N6O8S.4H2/c1-8-25-20-24(2)12-9-10-13-26-22-40(26,36(49)45-55(51,52)39(6)17-18-39)43-33(47)30-21-27(23-46(30)35(48)32(25)42-37(50)44-38(3,4)5)54-34-29-14-11-15-31(53-7)28(29)16-19-41-34;;;;/h10-11,13-16,19,24-27,30,32H,8-9,12,17-18,20-23H2,1-7H3,(H,43,47)(H,45,49)(H2,42,44,50);4*1H/b13-10-;;;;/t24-,25+,26+,27+,30-,32-,40+;;;;/m0..../s1. The summed E-state index contributed by atoms with van der Waals surface area (Å²) < 4.78 is 39.7. The number of aromatic nitrogens is 1. The number of hydrogen-bond donors (Lipinski definition) is 4. The fraction of sp³-hybridized carbons (Fsp3) is 0.625. The second kappa shape index (κ2) is 15.3. The highest BCUT2D eigenvalue weighted by molar-refractivity contribution is 7.91.